The molecule has 2 rings (SSSR count). The number of aliphatic hydroxyl groups is 1. The highest BCUT2D eigenvalue weighted by Crippen LogP contribution is 2.17. The van der Waals surface area contributed by atoms with Gasteiger partial charge in [0.1, 0.15) is 11.6 Å². The fraction of sp³-hybridized carbons (Fsp3) is 0.133. The van der Waals surface area contributed by atoms with Crippen molar-refractivity contribution in [3.8, 4) is 5.75 Å². The summed E-state index contributed by atoms with van der Waals surface area (Å²) in [6.45, 7) is -0.296. The molecule has 3 N–H and O–H groups in total. The number of hydrogen-bond donors (Lipinski definition) is 3. The number of phenols is 1. The Bertz CT molecular complexity index is 601. The van der Waals surface area contributed by atoms with Gasteiger partial charge in [-0.2, -0.15) is 0 Å². The van der Waals surface area contributed by atoms with E-state index < -0.39 is 17.8 Å². The van der Waals surface area contributed by atoms with Gasteiger partial charge in [0.2, 0.25) is 0 Å². The second-order valence-corrected chi connectivity index (χ2v) is 4.28. The van der Waals surface area contributed by atoms with E-state index in [-0.39, 0.29) is 17.9 Å². The van der Waals surface area contributed by atoms with Crippen LogP contribution in [0.15, 0.2) is 48.5 Å². The summed E-state index contributed by atoms with van der Waals surface area (Å²) in [6.07, 6.45) is 0. The van der Waals surface area contributed by atoms with E-state index in [2.05, 4.69) is 5.32 Å². The Hall–Kier alpha value is -2.40. The number of amides is 1. The van der Waals surface area contributed by atoms with E-state index in [0.29, 0.717) is 0 Å². The van der Waals surface area contributed by atoms with Gasteiger partial charge in [-0.05, 0) is 17.7 Å². The highest BCUT2D eigenvalue weighted by Gasteiger charge is 2.17. The van der Waals surface area contributed by atoms with Gasteiger partial charge in [0.05, 0.1) is 18.2 Å². The average molecular weight is 275 g/mol. The van der Waals surface area contributed by atoms with Crippen LogP contribution in [0, 0.1) is 5.82 Å². The summed E-state index contributed by atoms with van der Waals surface area (Å²) in [4.78, 5) is 12.0. The van der Waals surface area contributed by atoms with Gasteiger partial charge in [0, 0.05) is 6.07 Å². The van der Waals surface area contributed by atoms with Crippen molar-refractivity contribution in [3.05, 3.63) is 65.5 Å². The molecule has 0 fully saturated rings. The molecule has 0 aliphatic heterocycles. The summed E-state index contributed by atoms with van der Waals surface area (Å²) in [6, 6.07) is 11.6. The van der Waals surface area contributed by atoms with E-state index in [1.165, 1.54) is 12.1 Å². The number of nitrogens with one attached hydrogen (secondary N) is 1. The van der Waals surface area contributed by atoms with E-state index in [1.54, 1.807) is 24.3 Å². The molecular weight excluding hydrogens is 261 g/mol. The molecule has 1 atom stereocenters. The van der Waals surface area contributed by atoms with Gasteiger partial charge < -0.3 is 15.5 Å². The minimum Gasteiger partial charge on any atom is -0.508 e. The third-order valence-corrected chi connectivity index (χ3v) is 2.89. The van der Waals surface area contributed by atoms with Crippen molar-refractivity contribution in [2.24, 2.45) is 0 Å². The monoisotopic (exact) mass is 275 g/mol. The molecule has 0 aliphatic rings. The Balaban J connectivity index is 2.17. The first-order valence-corrected chi connectivity index (χ1v) is 6.07. The lowest BCUT2D eigenvalue weighted by molar-refractivity contribution is 0.0912. The van der Waals surface area contributed by atoms with Crippen LogP contribution in [0.1, 0.15) is 22.0 Å². The normalized spacial score (nSPS) is 11.9. The van der Waals surface area contributed by atoms with Crippen molar-refractivity contribution in [1.29, 1.82) is 0 Å². The van der Waals surface area contributed by atoms with Crippen molar-refractivity contribution >= 4 is 5.91 Å². The van der Waals surface area contributed by atoms with Crippen molar-refractivity contribution < 1.29 is 19.4 Å². The minimum absolute atomic E-state index is 0.183. The van der Waals surface area contributed by atoms with Gasteiger partial charge in [-0.15, -0.1) is 0 Å². The summed E-state index contributed by atoms with van der Waals surface area (Å²) < 4.78 is 13.6. The second-order valence-electron chi connectivity index (χ2n) is 4.28. The molecule has 0 radical (unpaired) electrons. The number of aliphatic hydroxyl groups excluding tert-OH is 1. The Morgan fingerprint density at radius 1 is 1.20 bits per heavy atom. The first-order chi connectivity index (χ1) is 9.61. The fourth-order valence-electron chi connectivity index (χ4n) is 1.84. The van der Waals surface area contributed by atoms with Gasteiger partial charge in [0.25, 0.3) is 5.91 Å². The third kappa shape index (κ3) is 3.13. The van der Waals surface area contributed by atoms with Crippen LogP contribution in [0.3, 0.4) is 0 Å². The smallest absolute Gasteiger partial charge is 0.254 e. The SMILES string of the molecule is O=C(NC(CO)c1ccccc1)c1ccc(O)cc1F. The molecular formula is C15H14FNO3. The van der Waals surface area contributed by atoms with E-state index >= 15 is 0 Å². The van der Waals surface area contributed by atoms with E-state index in [1.807, 2.05) is 6.07 Å². The molecule has 0 spiro atoms. The summed E-state index contributed by atoms with van der Waals surface area (Å²) in [5, 5.41) is 21.0. The van der Waals surface area contributed by atoms with Crippen molar-refractivity contribution in [2.45, 2.75) is 6.04 Å². The van der Waals surface area contributed by atoms with E-state index in [4.69, 9.17) is 5.11 Å². The molecule has 0 saturated carbocycles. The molecule has 0 saturated heterocycles. The maximum Gasteiger partial charge on any atom is 0.254 e. The Morgan fingerprint density at radius 2 is 1.90 bits per heavy atom. The first kappa shape index (κ1) is 14.0. The summed E-state index contributed by atoms with van der Waals surface area (Å²) in [7, 11) is 0. The maximum atomic E-state index is 13.6. The molecule has 4 nitrogen and oxygen atoms in total. The predicted molar refractivity (Wildman–Crippen MR) is 71.8 cm³/mol. The maximum absolute atomic E-state index is 13.6. The molecule has 1 amide bonds. The van der Waals surface area contributed by atoms with E-state index in [0.717, 1.165) is 11.6 Å². The number of phenolic OH excluding ortho intramolecular Hbond substituents is 1. The molecule has 2 aromatic carbocycles. The average Bonchev–Trinajstić information content (AvgIpc) is 2.45. The van der Waals surface area contributed by atoms with Gasteiger partial charge in [-0.3, -0.25) is 4.79 Å². The molecule has 5 heteroatoms. The number of halogens is 1. The van der Waals surface area contributed by atoms with Gasteiger partial charge >= 0.3 is 0 Å². The van der Waals surface area contributed by atoms with Crippen molar-refractivity contribution in [2.75, 3.05) is 6.61 Å². The van der Waals surface area contributed by atoms with E-state index in [9.17, 15) is 14.3 Å². The summed E-state index contributed by atoms with van der Waals surface area (Å²) >= 11 is 0. The predicted octanol–water partition coefficient (Wildman–Crippen LogP) is 1.99. The topological polar surface area (TPSA) is 69.6 Å². The Labute approximate surface area is 115 Å². The van der Waals surface area contributed by atoms with Crippen LogP contribution in [0.4, 0.5) is 4.39 Å². The fourth-order valence-corrected chi connectivity index (χ4v) is 1.84. The quantitative estimate of drug-likeness (QED) is 0.799. The van der Waals surface area contributed by atoms with Crippen LogP contribution >= 0.6 is 0 Å². The zero-order chi connectivity index (χ0) is 14.5. The van der Waals surface area contributed by atoms with Crippen LogP contribution in [0.5, 0.6) is 5.75 Å². The standard InChI is InChI=1S/C15H14FNO3/c16-13-8-11(19)6-7-12(13)15(20)17-14(9-18)10-4-2-1-3-5-10/h1-8,14,18-19H,9H2,(H,17,20). The lowest BCUT2D eigenvalue weighted by Gasteiger charge is -2.17. The zero-order valence-electron chi connectivity index (χ0n) is 10.6. The van der Waals surface area contributed by atoms with Crippen molar-refractivity contribution in [1.82, 2.24) is 5.32 Å². The number of benzene rings is 2. The number of rotatable bonds is 4. The van der Waals surface area contributed by atoms with Crippen molar-refractivity contribution in [3.63, 3.8) is 0 Å². The second kappa shape index (κ2) is 6.16. The third-order valence-electron chi connectivity index (χ3n) is 2.89. The summed E-state index contributed by atoms with van der Waals surface area (Å²) in [5.74, 6) is -1.71. The summed E-state index contributed by atoms with van der Waals surface area (Å²) in [5.41, 5.74) is 0.541. The molecule has 0 heterocycles. The Kier molecular flexibility index (Phi) is 4.32. The largest absolute Gasteiger partial charge is 0.508 e. The number of aromatic hydroxyl groups is 1. The molecule has 20 heavy (non-hydrogen) atoms. The highest BCUT2D eigenvalue weighted by atomic mass is 19.1. The van der Waals surface area contributed by atoms with Gasteiger partial charge in [-0.25, -0.2) is 4.39 Å². The molecule has 2 aromatic rings. The Morgan fingerprint density at radius 3 is 2.50 bits per heavy atom. The van der Waals surface area contributed by atoms with Crippen LogP contribution in [-0.4, -0.2) is 22.7 Å². The first-order valence-electron chi connectivity index (χ1n) is 6.07. The molecule has 0 bridgehead atoms. The van der Waals surface area contributed by atoms with Crippen LogP contribution < -0.4 is 5.32 Å². The van der Waals surface area contributed by atoms with Crippen LogP contribution in [-0.2, 0) is 0 Å². The van der Waals surface area contributed by atoms with Gasteiger partial charge in [0.15, 0.2) is 0 Å². The molecule has 0 aliphatic carbocycles. The lowest BCUT2D eigenvalue weighted by atomic mass is 10.1. The zero-order valence-corrected chi connectivity index (χ0v) is 10.6. The molecule has 0 aromatic heterocycles. The minimum atomic E-state index is -0.813. The number of carbonyl (C=O) groups is 1. The highest BCUT2D eigenvalue weighted by molar-refractivity contribution is 5.94. The van der Waals surface area contributed by atoms with Crippen LogP contribution in [0.25, 0.3) is 0 Å². The molecule has 104 valence electrons. The van der Waals surface area contributed by atoms with Crippen LogP contribution in [0.2, 0.25) is 0 Å². The lowest BCUT2D eigenvalue weighted by Crippen LogP contribution is -2.31. The number of hydrogen-bond acceptors (Lipinski definition) is 3. The van der Waals surface area contributed by atoms with Gasteiger partial charge in [-0.1, -0.05) is 30.3 Å². The number of carbonyl (C=O) groups excluding carboxylic acids is 1. The molecule has 1 unspecified atom stereocenters.